The first-order valence-corrected chi connectivity index (χ1v) is 7.55. The van der Waals surface area contributed by atoms with Gasteiger partial charge in [-0.15, -0.1) is 11.3 Å². The van der Waals surface area contributed by atoms with Crippen LogP contribution in [0.15, 0.2) is 28.3 Å². The Morgan fingerprint density at radius 2 is 2.11 bits per heavy atom. The van der Waals surface area contributed by atoms with Crippen molar-refractivity contribution in [3.63, 3.8) is 0 Å². The molecule has 0 saturated heterocycles. The number of hydrogen-bond acceptors (Lipinski definition) is 3. The molecule has 1 N–H and O–H groups in total. The molecule has 0 aliphatic carbocycles. The molecule has 0 amide bonds. The molecule has 0 aliphatic heterocycles. The second-order valence-corrected chi connectivity index (χ2v) is 7.82. The van der Waals surface area contributed by atoms with E-state index in [1.165, 1.54) is 14.2 Å². The first kappa shape index (κ1) is 13.8. The van der Waals surface area contributed by atoms with Gasteiger partial charge in [0.15, 0.2) is 0 Å². The quantitative estimate of drug-likeness (QED) is 0.926. The number of thiophene rings is 1. The van der Waals surface area contributed by atoms with Crippen molar-refractivity contribution in [2.45, 2.75) is 39.4 Å². The summed E-state index contributed by atoms with van der Waals surface area (Å²) in [6.07, 6.45) is 4.04. The van der Waals surface area contributed by atoms with E-state index in [4.69, 9.17) is 0 Å². The van der Waals surface area contributed by atoms with E-state index >= 15 is 0 Å². The zero-order valence-electron chi connectivity index (χ0n) is 10.9. The molecule has 2 heterocycles. The molecule has 0 radical (unpaired) electrons. The number of nitrogens with zero attached hydrogens (tertiary/aromatic N) is 2. The van der Waals surface area contributed by atoms with Crippen molar-refractivity contribution in [2.24, 2.45) is 0 Å². The van der Waals surface area contributed by atoms with Crippen molar-refractivity contribution in [2.75, 3.05) is 0 Å². The standard InChI is InChI=1S/C13H18BrN3S/c1-13(2,3)17-9-10(7-16-17)6-15-8-11-4-5-12(14)18-11/h4-5,7,9,15H,6,8H2,1-3H3. The Kier molecular flexibility index (Phi) is 4.25. The Hall–Kier alpha value is -0.650. The highest BCUT2D eigenvalue weighted by Gasteiger charge is 2.13. The molecule has 2 aromatic rings. The fourth-order valence-electron chi connectivity index (χ4n) is 1.60. The molecule has 0 bridgehead atoms. The van der Waals surface area contributed by atoms with E-state index in [1.54, 1.807) is 11.3 Å². The molecule has 5 heteroatoms. The maximum Gasteiger partial charge on any atom is 0.0701 e. The first-order valence-electron chi connectivity index (χ1n) is 5.94. The molecule has 0 saturated carbocycles. The van der Waals surface area contributed by atoms with Crippen LogP contribution >= 0.6 is 27.3 Å². The van der Waals surface area contributed by atoms with E-state index in [9.17, 15) is 0 Å². The van der Waals surface area contributed by atoms with E-state index < -0.39 is 0 Å². The van der Waals surface area contributed by atoms with Crippen LogP contribution < -0.4 is 5.32 Å². The minimum Gasteiger partial charge on any atom is -0.308 e. The van der Waals surface area contributed by atoms with Gasteiger partial charge in [-0.05, 0) is 48.8 Å². The van der Waals surface area contributed by atoms with Gasteiger partial charge >= 0.3 is 0 Å². The van der Waals surface area contributed by atoms with Gasteiger partial charge in [0.25, 0.3) is 0 Å². The molecular formula is C13H18BrN3S. The molecule has 0 aromatic carbocycles. The highest BCUT2D eigenvalue weighted by atomic mass is 79.9. The van der Waals surface area contributed by atoms with Crippen molar-refractivity contribution in [3.8, 4) is 0 Å². The van der Waals surface area contributed by atoms with E-state index in [0.717, 1.165) is 13.1 Å². The van der Waals surface area contributed by atoms with Gasteiger partial charge in [-0.2, -0.15) is 5.10 Å². The monoisotopic (exact) mass is 327 g/mol. The number of aromatic nitrogens is 2. The third-order valence-corrected chi connectivity index (χ3v) is 4.20. The van der Waals surface area contributed by atoms with Crippen LogP contribution in [0.3, 0.4) is 0 Å². The number of hydrogen-bond donors (Lipinski definition) is 1. The van der Waals surface area contributed by atoms with Crippen molar-refractivity contribution in [1.82, 2.24) is 15.1 Å². The van der Waals surface area contributed by atoms with Crippen molar-refractivity contribution in [3.05, 3.63) is 38.8 Å². The number of rotatable bonds is 4. The van der Waals surface area contributed by atoms with Gasteiger partial charge in [-0.1, -0.05) is 0 Å². The Morgan fingerprint density at radius 1 is 1.33 bits per heavy atom. The first-order chi connectivity index (χ1) is 8.45. The molecule has 2 aromatic heterocycles. The lowest BCUT2D eigenvalue weighted by Crippen LogP contribution is -2.22. The molecule has 18 heavy (non-hydrogen) atoms. The van der Waals surface area contributed by atoms with Gasteiger partial charge in [0.1, 0.15) is 0 Å². The molecule has 0 fully saturated rings. The second kappa shape index (κ2) is 5.55. The summed E-state index contributed by atoms with van der Waals surface area (Å²) in [5, 5.41) is 7.82. The predicted octanol–water partition coefficient (Wildman–Crippen LogP) is 3.75. The summed E-state index contributed by atoms with van der Waals surface area (Å²) in [7, 11) is 0. The smallest absolute Gasteiger partial charge is 0.0701 e. The minimum atomic E-state index is 0.0524. The third-order valence-electron chi connectivity index (χ3n) is 2.58. The van der Waals surface area contributed by atoms with Crippen molar-refractivity contribution < 1.29 is 0 Å². The Labute approximate surface area is 120 Å². The van der Waals surface area contributed by atoms with E-state index in [1.807, 2.05) is 10.9 Å². The topological polar surface area (TPSA) is 29.9 Å². The molecule has 0 aliphatic rings. The van der Waals surface area contributed by atoms with Crippen LogP contribution in [0.5, 0.6) is 0 Å². The fraction of sp³-hybridized carbons (Fsp3) is 0.462. The maximum absolute atomic E-state index is 4.39. The van der Waals surface area contributed by atoms with Crippen LogP contribution in [0.1, 0.15) is 31.2 Å². The van der Waals surface area contributed by atoms with E-state index in [2.05, 4.69) is 65.4 Å². The Morgan fingerprint density at radius 3 is 2.67 bits per heavy atom. The fourth-order valence-corrected chi connectivity index (χ4v) is 3.05. The van der Waals surface area contributed by atoms with Gasteiger partial charge in [-0.25, -0.2) is 0 Å². The van der Waals surface area contributed by atoms with E-state index in [0.29, 0.717) is 0 Å². The van der Waals surface area contributed by atoms with Crippen molar-refractivity contribution >= 4 is 27.3 Å². The summed E-state index contributed by atoms with van der Waals surface area (Å²) in [4.78, 5) is 1.34. The molecular weight excluding hydrogens is 310 g/mol. The molecule has 0 spiro atoms. The van der Waals surface area contributed by atoms with Crippen LogP contribution in [0.25, 0.3) is 0 Å². The van der Waals surface area contributed by atoms with Gasteiger partial charge in [0.2, 0.25) is 0 Å². The highest BCUT2D eigenvalue weighted by molar-refractivity contribution is 9.11. The van der Waals surface area contributed by atoms with Gasteiger partial charge in [-0.3, -0.25) is 4.68 Å². The van der Waals surface area contributed by atoms with Crippen LogP contribution in [0, 0.1) is 0 Å². The Bertz CT molecular complexity index is 510. The van der Waals surface area contributed by atoms with Gasteiger partial charge < -0.3 is 5.32 Å². The van der Waals surface area contributed by atoms with Gasteiger partial charge in [0, 0.05) is 29.7 Å². The van der Waals surface area contributed by atoms with Gasteiger partial charge in [0.05, 0.1) is 15.5 Å². The normalized spacial score (nSPS) is 12.0. The SMILES string of the molecule is CC(C)(C)n1cc(CNCc2ccc(Br)s2)cn1. The lowest BCUT2D eigenvalue weighted by Gasteiger charge is -2.18. The summed E-state index contributed by atoms with van der Waals surface area (Å²) < 4.78 is 3.19. The molecule has 2 rings (SSSR count). The number of halogens is 1. The average molecular weight is 328 g/mol. The molecule has 98 valence electrons. The second-order valence-electron chi connectivity index (χ2n) is 5.27. The third kappa shape index (κ3) is 3.67. The summed E-state index contributed by atoms with van der Waals surface area (Å²) in [5.74, 6) is 0. The minimum absolute atomic E-state index is 0.0524. The van der Waals surface area contributed by atoms with E-state index in [-0.39, 0.29) is 5.54 Å². The average Bonchev–Trinajstić information content (AvgIpc) is 2.87. The highest BCUT2D eigenvalue weighted by Crippen LogP contribution is 2.21. The summed E-state index contributed by atoms with van der Waals surface area (Å²) in [6.45, 7) is 8.21. The Balaban J connectivity index is 1.85. The maximum atomic E-state index is 4.39. The molecule has 3 nitrogen and oxygen atoms in total. The van der Waals surface area contributed by atoms with Crippen LogP contribution in [-0.2, 0) is 18.6 Å². The lowest BCUT2D eigenvalue weighted by atomic mass is 10.1. The molecule has 0 unspecified atom stereocenters. The van der Waals surface area contributed by atoms with Crippen LogP contribution in [-0.4, -0.2) is 9.78 Å². The zero-order chi connectivity index (χ0) is 13.2. The van der Waals surface area contributed by atoms with Crippen LogP contribution in [0.2, 0.25) is 0 Å². The van der Waals surface area contributed by atoms with Crippen LogP contribution in [0.4, 0.5) is 0 Å². The zero-order valence-corrected chi connectivity index (χ0v) is 13.3. The number of nitrogens with one attached hydrogen (secondary N) is 1. The molecule has 0 atom stereocenters. The summed E-state index contributed by atoms with van der Waals surface area (Å²) in [5.41, 5.74) is 1.28. The predicted molar refractivity (Wildman–Crippen MR) is 79.8 cm³/mol. The summed E-state index contributed by atoms with van der Waals surface area (Å²) in [6, 6.07) is 4.22. The van der Waals surface area contributed by atoms with Crippen molar-refractivity contribution in [1.29, 1.82) is 0 Å². The largest absolute Gasteiger partial charge is 0.308 e. The lowest BCUT2D eigenvalue weighted by molar-refractivity contribution is 0.355. The summed E-state index contributed by atoms with van der Waals surface area (Å²) >= 11 is 5.24.